The number of benzene rings is 1. The number of para-hydroxylation sites is 1. The van der Waals surface area contributed by atoms with Crippen LogP contribution in [0.2, 0.25) is 0 Å². The second-order valence-corrected chi connectivity index (χ2v) is 6.23. The van der Waals surface area contributed by atoms with E-state index in [0.29, 0.717) is 18.1 Å². The molecule has 0 radical (unpaired) electrons. The summed E-state index contributed by atoms with van der Waals surface area (Å²) in [5.74, 6) is 0.0412. The number of aliphatic imine (C=N–C) groups is 1. The largest absolute Gasteiger partial charge is 0.507 e. The summed E-state index contributed by atoms with van der Waals surface area (Å²) in [4.78, 5) is 31.7. The highest BCUT2D eigenvalue weighted by Gasteiger charge is 2.48. The second-order valence-electron chi connectivity index (χ2n) is 6.23. The third kappa shape index (κ3) is 3.23. The zero-order valence-electron chi connectivity index (χ0n) is 14.5. The quantitative estimate of drug-likeness (QED) is 0.412. The van der Waals surface area contributed by atoms with Crippen molar-refractivity contribution >= 4 is 24.1 Å². The fourth-order valence-corrected chi connectivity index (χ4v) is 2.84. The summed E-state index contributed by atoms with van der Waals surface area (Å²) in [7, 11) is 1.58. The van der Waals surface area contributed by atoms with E-state index in [-0.39, 0.29) is 5.75 Å². The molecule has 1 fully saturated rings. The van der Waals surface area contributed by atoms with Crippen molar-refractivity contribution in [3.63, 3.8) is 0 Å². The molecule has 136 valence electrons. The highest BCUT2D eigenvalue weighted by Crippen LogP contribution is 2.24. The van der Waals surface area contributed by atoms with Crippen LogP contribution in [-0.4, -0.2) is 64.8 Å². The van der Waals surface area contributed by atoms with Crippen molar-refractivity contribution in [1.29, 1.82) is 0 Å². The minimum atomic E-state index is -0.655. The number of likely N-dealkylation sites (N-methyl/N-ethyl adjacent to an activating group) is 1. The molecule has 2 aliphatic rings. The lowest BCUT2D eigenvalue weighted by Gasteiger charge is -2.36. The number of phenols is 1. The molecule has 0 spiro atoms. The zero-order chi connectivity index (χ0) is 18.8. The minimum absolute atomic E-state index is 0.101. The van der Waals surface area contributed by atoms with Crippen LogP contribution >= 0.6 is 0 Å². The standard InChI is InChI=1S/C17H20N6O3/c1-10(2)9-23-13-14(22(3)17(26)20-15(13)25)19-16(23)21-18-8-11-6-4-5-7-12(11)24/h4-8,13-14,24H,1,9H2,2-3H3,(H,19,21)(H,20,25,26)/b18-8+. The van der Waals surface area contributed by atoms with Crippen molar-refractivity contribution < 1.29 is 14.7 Å². The van der Waals surface area contributed by atoms with Gasteiger partial charge in [0, 0.05) is 19.2 Å². The number of hydrogen-bond acceptors (Lipinski definition) is 7. The first-order valence-electron chi connectivity index (χ1n) is 8.02. The molecule has 0 aromatic heterocycles. The van der Waals surface area contributed by atoms with Gasteiger partial charge in [-0.15, -0.1) is 0 Å². The van der Waals surface area contributed by atoms with Gasteiger partial charge in [0.1, 0.15) is 5.75 Å². The molecule has 2 unspecified atom stereocenters. The van der Waals surface area contributed by atoms with Crippen LogP contribution in [0.4, 0.5) is 4.79 Å². The Hall–Kier alpha value is -3.36. The van der Waals surface area contributed by atoms with E-state index >= 15 is 0 Å². The van der Waals surface area contributed by atoms with Gasteiger partial charge in [0.2, 0.25) is 5.96 Å². The summed E-state index contributed by atoms with van der Waals surface area (Å²) in [6.07, 6.45) is 0.812. The Morgan fingerprint density at radius 2 is 2.19 bits per heavy atom. The monoisotopic (exact) mass is 356 g/mol. The number of urea groups is 1. The third-order valence-corrected chi connectivity index (χ3v) is 4.11. The Balaban J connectivity index is 1.83. The number of rotatable bonds is 4. The second kappa shape index (κ2) is 6.87. The number of guanidine groups is 1. The molecule has 1 aromatic carbocycles. The number of carbonyl (C=O) groups is 2. The van der Waals surface area contributed by atoms with Crippen LogP contribution in [0.5, 0.6) is 5.75 Å². The van der Waals surface area contributed by atoms with Crippen molar-refractivity contribution in [2.45, 2.75) is 19.1 Å². The lowest BCUT2D eigenvalue weighted by molar-refractivity contribution is -0.127. The van der Waals surface area contributed by atoms with Gasteiger partial charge in [-0.1, -0.05) is 24.3 Å². The minimum Gasteiger partial charge on any atom is -0.507 e. The maximum atomic E-state index is 12.3. The number of carbonyl (C=O) groups excluding carboxylic acids is 2. The van der Waals surface area contributed by atoms with Gasteiger partial charge in [-0.25, -0.2) is 15.2 Å². The SMILES string of the molecule is C=C(C)CN1C(N/N=C/c2ccccc2O)=NC2C1C(=O)NC(=O)N2C. The molecule has 3 N–H and O–H groups in total. The lowest BCUT2D eigenvalue weighted by Crippen LogP contribution is -2.64. The van der Waals surface area contributed by atoms with E-state index in [4.69, 9.17) is 0 Å². The van der Waals surface area contributed by atoms with E-state index in [9.17, 15) is 14.7 Å². The zero-order valence-corrected chi connectivity index (χ0v) is 14.5. The van der Waals surface area contributed by atoms with E-state index in [0.717, 1.165) is 5.57 Å². The third-order valence-electron chi connectivity index (χ3n) is 4.11. The molecule has 9 nitrogen and oxygen atoms in total. The molecule has 1 aromatic rings. The molecular weight excluding hydrogens is 336 g/mol. The Morgan fingerprint density at radius 3 is 2.88 bits per heavy atom. The molecule has 3 amide bonds. The molecule has 2 atom stereocenters. The van der Waals surface area contributed by atoms with E-state index in [2.05, 4.69) is 27.4 Å². The number of phenolic OH excluding ortho intramolecular Hbond substituents is 1. The average molecular weight is 356 g/mol. The van der Waals surface area contributed by atoms with E-state index in [1.807, 2.05) is 6.92 Å². The Labute approximate surface area is 150 Å². The van der Waals surface area contributed by atoms with Crippen LogP contribution < -0.4 is 10.7 Å². The van der Waals surface area contributed by atoms with Crippen LogP contribution in [-0.2, 0) is 4.79 Å². The smallest absolute Gasteiger partial charge is 0.325 e. The normalized spacial score (nSPS) is 22.3. The topological polar surface area (TPSA) is 110 Å². The fraction of sp³-hybridized carbons (Fsp3) is 0.294. The Kier molecular flexibility index (Phi) is 4.61. The van der Waals surface area contributed by atoms with Crippen molar-refractivity contribution in [1.82, 2.24) is 20.5 Å². The number of imide groups is 1. The Morgan fingerprint density at radius 1 is 1.46 bits per heavy atom. The van der Waals surface area contributed by atoms with Crippen LogP contribution in [0.15, 0.2) is 46.5 Å². The number of amides is 3. The van der Waals surface area contributed by atoms with E-state index in [1.165, 1.54) is 11.1 Å². The van der Waals surface area contributed by atoms with Crippen LogP contribution in [0.3, 0.4) is 0 Å². The number of nitrogens with one attached hydrogen (secondary N) is 2. The van der Waals surface area contributed by atoms with E-state index in [1.54, 1.807) is 36.2 Å². The maximum absolute atomic E-state index is 12.3. The predicted molar refractivity (Wildman–Crippen MR) is 96.7 cm³/mol. The van der Waals surface area contributed by atoms with Crippen LogP contribution in [0.25, 0.3) is 0 Å². The lowest BCUT2D eigenvalue weighted by atomic mass is 10.1. The van der Waals surface area contributed by atoms with Crippen molar-refractivity contribution in [3.8, 4) is 5.75 Å². The van der Waals surface area contributed by atoms with Gasteiger partial charge in [0.15, 0.2) is 12.2 Å². The molecule has 9 heteroatoms. The van der Waals surface area contributed by atoms with Crippen molar-refractivity contribution in [2.75, 3.05) is 13.6 Å². The molecular formula is C17H20N6O3. The molecule has 26 heavy (non-hydrogen) atoms. The van der Waals surface area contributed by atoms with E-state index < -0.39 is 24.1 Å². The summed E-state index contributed by atoms with van der Waals surface area (Å²) in [6, 6.07) is 5.61. The van der Waals surface area contributed by atoms with Crippen LogP contribution in [0.1, 0.15) is 12.5 Å². The highest BCUT2D eigenvalue weighted by atomic mass is 16.3. The van der Waals surface area contributed by atoms with Gasteiger partial charge in [-0.2, -0.15) is 5.10 Å². The summed E-state index contributed by atoms with van der Waals surface area (Å²) >= 11 is 0. The number of nitrogens with zero attached hydrogens (tertiary/aromatic N) is 4. The highest BCUT2D eigenvalue weighted by molar-refractivity contribution is 6.03. The van der Waals surface area contributed by atoms with Gasteiger partial charge < -0.3 is 14.9 Å². The summed E-state index contributed by atoms with van der Waals surface area (Å²) in [5, 5.41) is 16.2. The Bertz CT molecular complexity index is 818. The summed E-state index contributed by atoms with van der Waals surface area (Å²) in [6.45, 7) is 6.10. The predicted octanol–water partition coefficient (Wildman–Crippen LogP) is 0.440. The maximum Gasteiger partial charge on any atom is 0.325 e. The van der Waals surface area contributed by atoms with Crippen LogP contribution in [0, 0.1) is 0 Å². The van der Waals surface area contributed by atoms with Gasteiger partial charge in [-0.3, -0.25) is 10.1 Å². The molecule has 2 heterocycles. The first-order valence-corrected chi connectivity index (χ1v) is 8.02. The van der Waals surface area contributed by atoms with Gasteiger partial charge in [0.25, 0.3) is 5.91 Å². The molecule has 3 rings (SSSR count). The number of aromatic hydroxyl groups is 1. The fourth-order valence-electron chi connectivity index (χ4n) is 2.84. The van der Waals surface area contributed by atoms with Crippen molar-refractivity contribution in [2.24, 2.45) is 10.1 Å². The first-order chi connectivity index (χ1) is 12.4. The molecule has 2 aliphatic heterocycles. The van der Waals surface area contributed by atoms with Gasteiger partial charge >= 0.3 is 6.03 Å². The van der Waals surface area contributed by atoms with Gasteiger partial charge in [0.05, 0.1) is 6.21 Å². The molecule has 0 aliphatic carbocycles. The summed E-state index contributed by atoms with van der Waals surface area (Å²) < 4.78 is 0. The number of fused-ring (bicyclic) bond motifs is 1. The molecule has 1 saturated heterocycles. The summed E-state index contributed by atoms with van der Waals surface area (Å²) in [5.41, 5.74) is 4.17. The number of hydrogen-bond donors (Lipinski definition) is 3. The average Bonchev–Trinajstić information content (AvgIpc) is 2.93. The van der Waals surface area contributed by atoms with Crippen molar-refractivity contribution in [3.05, 3.63) is 42.0 Å². The first kappa shape index (κ1) is 17.5. The van der Waals surface area contributed by atoms with Gasteiger partial charge in [-0.05, 0) is 19.1 Å². The molecule has 0 saturated carbocycles. The molecule has 0 bridgehead atoms. The number of hydrazone groups is 1.